The van der Waals surface area contributed by atoms with Crippen molar-refractivity contribution in [2.24, 2.45) is 10.9 Å². The van der Waals surface area contributed by atoms with Crippen LogP contribution in [0.2, 0.25) is 0 Å². The molecule has 0 amide bonds. The average molecular weight is 354 g/mol. The maximum atomic E-state index is 8.66. The summed E-state index contributed by atoms with van der Waals surface area (Å²) in [5, 5.41) is 13.7. The van der Waals surface area contributed by atoms with Gasteiger partial charge in [-0.3, -0.25) is 0 Å². The molecule has 0 aliphatic carbocycles. The molecular formula is C14H16BrN3OS. The molecule has 0 saturated heterocycles. The largest absolute Gasteiger partial charge is 0.409 e. The van der Waals surface area contributed by atoms with Gasteiger partial charge in [0.05, 0.1) is 6.54 Å². The third-order valence-electron chi connectivity index (χ3n) is 2.91. The number of nitrogens with zero attached hydrogens (tertiary/aromatic N) is 2. The Morgan fingerprint density at radius 3 is 2.65 bits per heavy atom. The number of nitrogens with two attached hydrogens (primary N) is 1. The van der Waals surface area contributed by atoms with Crippen LogP contribution >= 0.6 is 27.3 Å². The quantitative estimate of drug-likeness (QED) is 0.360. The van der Waals surface area contributed by atoms with Crippen LogP contribution in [0, 0.1) is 0 Å². The van der Waals surface area contributed by atoms with Crippen molar-refractivity contribution in [1.29, 1.82) is 0 Å². The van der Waals surface area contributed by atoms with Crippen molar-refractivity contribution < 1.29 is 5.21 Å². The number of halogens is 1. The summed E-state index contributed by atoms with van der Waals surface area (Å²) in [5.41, 5.74) is 6.69. The van der Waals surface area contributed by atoms with E-state index in [1.165, 1.54) is 4.88 Å². The molecule has 2 rings (SSSR count). The first-order valence-corrected chi connectivity index (χ1v) is 7.86. The molecule has 0 radical (unpaired) electrons. The molecule has 1 aromatic heterocycles. The zero-order chi connectivity index (χ0) is 14.4. The predicted molar refractivity (Wildman–Crippen MR) is 87.5 cm³/mol. The zero-order valence-corrected chi connectivity index (χ0v) is 13.3. The minimum absolute atomic E-state index is 0.246. The van der Waals surface area contributed by atoms with Crippen molar-refractivity contribution >= 4 is 38.8 Å². The van der Waals surface area contributed by atoms with Crippen molar-refractivity contribution in [3.05, 3.63) is 51.1 Å². The molecule has 3 N–H and O–H groups in total. The number of oxime groups is 1. The Morgan fingerprint density at radius 2 is 2.05 bits per heavy atom. The lowest BCUT2D eigenvalue weighted by molar-refractivity contribution is 0.317. The van der Waals surface area contributed by atoms with Crippen LogP contribution < -0.4 is 10.6 Å². The van der Waals surface area contributed by atoms with Gasteiger partial charge in [0.15, 0.2) is 0 Å². The fourth-order valence-electron chi connectivity index (χ4n) is 1.85. The van der Waals surface area contributed by atoms with Gasteiger partial charge in [-0.2, -0.15) is 0 Å². The van der Waals surface area contributed by atoms with Gasteiger partial charge in [-0.05, 0) is 39.5 Å². The van der Waals surface area contributed by atoms with E-state index in [9.17, 15) is 0 Å². The molecule has 4 nitrogen and oxygen atoms in total. The Labute approximate surface area is 130 Å². The SMILES string of the molecule is NC(CCN(Cc1sccc1Br)c1ccccc1)=NO. The van der Waals surface area contributed by atoms with Crippen LogP contribution in [0.5, 0.6) is 0 Å². The van der Waals surface area contributed by atoms with Crippen molar-refractivity contribution in [2.75, 3.05) is 11.4 Å². The van der Waals surface area contributed by atoms with Crippen LogP contribution in [0.15, 0.2) is 51.4 Å². The number of thiophene rings is 1. The number of rotatable bonds is 6. The number of hydrogen-bond donors (Lipinski definition) is 2. The Hall–Kier alpha value is -1.53. The van der Waals surface area contributed by atoms with Gasteiger partial charge in [-0.25, -0.2) is 0 Å². The molecule has 0 saturated carbocycles. The molecule has 0 bridgehead atoms. The third kappa shape index (κ3) is 3.98. The lowest BCUT2D eigenvalue weighted by atomic mass is 10.2. The Balaban J connectivity index is 2.14. The summed E-state index contributed by atoms with van der Waals surface area (Å²) >= 11 is 5.27. The minimum atomic E-state index is 0.246. The molecule has 0 fully saturated rings. The smallest absolute Gasteiger partial charge is 0.140 e. The first kappa shape index (κ1) is 14.9. The standard InChI is InChI=1S/C14H16BrN3OS/c15-12-7-9-20-13(12)10-18(8-6-14(16)17-19)11-4-2-1-3-5-11/h1-5,7,9,19H,6,8,10H2,(H2,16,17). The summed E-state index contributed by atoms with van der Waals surface area (Å²) < 4.78 is 1.12. The Bertz CT molecular complexity index is 571. The molecule has 0 aliphatic rings. The highest BCUT2D eigenvalue weighted by atomic mass is 79.9. The zero-order valence-electron chi connectivity index (χ0n) is 10.9. The fourth-order valence-corrected chi connectivity index (χ4v) is 3.34. The van der Waals surface area contributed by atoms with Gasteiger partial charge in [-0.15, -0.1) is 11.3 Å². The van der Waals surface area contributed by atoms with E-state index in [0.29, 0.717) is 13.0 Å². The summed E-state index contributed by atoms with van der Waals surface area (Å²) in [6, 6.07) is 12.2. The molecular weight excluding hydrogens is 338 g/mol. The number of amidine groups is 1. The van der Waals surface area contributed by atoms with Crippen LogP contribution in [0.25, 0.3) is 0 Å². The van der Waals surface area contributed by atoms with E-state index in [1.54, 1.807) is 11.3 Å². The molecule has 0 unspecified atom stereocenters. The topological polar surface area (TPSA) is 61.8 Å². The van der Waals surface area contributed by atoms with Gasteiger partial charge in [0.1, 0.15) is 5.84 Å². The molecule has 2 aromatic rings. The van der Waals surface area contributed by atoms with E-state index in [-0.39, 0.29) is 5.84 Å². The fraction of sp³-hybridized carbons (Fsp3) is 0.214. The molecule has 0 aliphatic heterocycles. The van der Waals surface area contributed by atoms with E-state index in [0.717, 1.165) is 16.7 Å². The van der Waals surface area contributed by atoms with Crippen LogP contribution in [-0.4, -0.2) is 17.6 Å². The normalized spacial score (nSPS) is 11.6. The summed E-state index contributed by atoms with van der Waals surface area (Å²) in [6.07, 6.45) is 0.522. The first-order valence-electron chi connectivity index (χ1n) is 6.19. The second-order valence-corrected chi connectivity index (χ2v) is 6.15. The van der Waals surface area contributed by atoms with Gasteiger partial charge < -0.3 is 15.8 Å². The van der Waals surface area contributed by atoms with E-state index < -0.39 is 0 Å². The lowest BCUT2D eigenvalue weighted by Gasteiger charge is -2.24. The molecule has 6 heteroatoms. The second-order valence-electron chi connectivity index (χ2n) is 4.29. The van der Waals surface area contributed by atoms with Gasteiger partial charge in [-0.1, -0.05) is 23.4 Å². The second kappa shape index (κ2) is 7.31. The molecule has 0 atom stereocenters. The van der Waals surface area contributed by atoms with Crippen LogP contribution in [0.1, 0.15) is 11.3 Å². The average Bonchev–Trinajstić information content (AvgIpc) is 2.89. The lowest BCUT2D eigenvalue weighted by Crippen LogP contribution is -2.27. The highest BCUT2D eigenvalue weighted by molar-refractivity contribution is 9.10. The summed E-state index contributed by atoms with van der Waals surface area (Å²) in [4.78, 5) is 3.47. The Morgan fingerprint density at radius 1 is 1.30 bits per heavy atom. The molecule has 0 spiro atoms. The van der Waals surface area contributed by atoms with Crippen molar-refractivity contribution in [3.8, 4) is 0 Å². The van der Waals surface area contributed by atoms with E-state index >= 15 is 0 Å². The summed E-state index contributed by atoms with van der Waals surface area (Å²) in [5.74, 6) is 0.246. The van der Waals surface area contributed by atoms with Crippen molar-refractivity contribution in [3.63, 3.8) is 0 Å². The maximum Gasteiger partial charge on any atom is 0.140 e. The number of para-hydroxylation sites is 1. The van der Waals surface area contributed by atoms with Crippen LogP contribution in [0.3, 0.4) is 0 Å². The van der Waals surface area contributed by atoms with Gasteiger partial charge in [0, 0.05) is 28.0 Å². The highest BCUT2D eigenvalue weighted by Gasteiger charge is 2.11. The van der Waals surface area contributed by atoms with Gasteiger partial charge >= 0.3 is 0 Å². The number of anilines is 1. The number of hydrogen-bond acceptors (Lipinski definition) is 4. The monoisotopic (exact) mass is 353 g/mol. The first-order chi connectivity index (χ1) is 9.70. The van der Waals surface area contributed by atoms with Gasteiger partial charge in [0.2, 0.25) is 0 Å². The van der Waals surface area contributed by atoms with Gasteiger partial charge in [0.25, 0.3) is 0 Å². The van der Waals surface area contributed by atoms with E-state index in [2.05, 4.69) is 43.5 Å². The molecule has 20 heavy (non-hydrogen) atoms. The molecule has 106 valence electrons. The summed E-state index contributed by atoms with van der Waals surface area (Å²) in [6.45, 7) is 1.49. The van der Waals surface area contributed by atoms with Crippen LogP contribution in [0.4, 0.5) is 5.69 Å². The Kier molecular flexibility index (Phi) is 5.43. The van der Waals surface area contributed by atoms with E-state index in [4.69, 9.17) is 10.9 Å². The van der Waals surface area contributed by atoms with E-state index in [1.807, 2.05) is 24.3 Å². The van der Waals surface area contributed by atoms with Crippen molar-refractivity contribution in [1.82, 2.24) is 0 Å². The van der Waals surface area contributed by atoms with Crippen molar-refractivity contribution in [2.45, 2.75) is 13.0 Å². The predicted octanol–water partition coefficient (Wildman–Crippen LogP) is 3.65. The molecule has 1 heterocycles. The summed E-state index contributed by atoms with van der Waals surface area (Å²) in [7, 11) is 0. The number of benzene rings is 1. The van der Waals surface area contributed by atoms with Crippen LogP contribution in [-0.2, 0) is 6.54 Å². The maximum absolute atomic E-state index is 8.66. The third-order valence-corrected chi connectivity index (χ3v) is 4.82. The minimum Gasteiger partial charge on any atom is -0.409 e. The highest BCUT2D eigenvalue weighted by Crippen LogP contribution is 2.26. The molecule has 1 aromatic carbocycles.